The van der Waals surface area contributed by atoms with E-state index < -0.39 is 41.0 Å². The molecule has 33 heavy (non-hydrogen) atoms. The van der Waals surface area contributed by atoms with Crippen LogP contribution in [0, 0.1) is 17.2 Å². The Hall–Kier alpha value is -3.29. The van der Waals surface area contributed by atoms with Gasteiger partial charge in [-0.1, -0.05) is 20.4 Å². The molecule has 0 spiro atoms. The minimum absolute atomic E-state index is 0.0109. The normalized spacial score (nSPS) is 14.0. The summed E-state index contributed by atoms with van der Waals surface area (Å²) < 4.78 is 78.9. The molecule has 0 aliphatic carbocycles. The number of halogens is 6. The first-order valence-corrected chi connectivity index (χ1v) is 9.73. The molecule has 0 fully saturated rings. The molecule has 0 aromatic heterocycles. The van der Waals surface area contributed by atoms with Gasteiger partial charge < -0.3 is 10.6 Å². The molecule has 0 saturated heterocycles. The predicted octanol–water partition coefficient (Wildman–Crippen LogP) is 5.31. The molecule has 5 nitrogen and oxygen atoms in total. The molecule has 0 heterocycles. The van der Waals surface area contributed by atoms with Crippen LogP contribution in [-0.4, -0.2) is 24.7 Å². The summed E-state index contributed by atoms with van der Waals surface area (Å²) in [4.78, 5) is 16.5. The Morgan fingerprint density at radius 3 is 2.06 bits per heavy atom. The zero-order valence-corrected chi connectivity index (χ0v) is 18.4. The second kappa shape index (κ2) is 11.0. The Morgan fingerprint density at radius 1 is 1.12 bits per heavy atom. The summed E-state index contributed by atoms with van der Waals surface area (Å²) in [6.45, 7) is 9.94. The summed E-state index contributed by atoms with van der Waals surface area (Å²) in [6, 6.07) is 2.09. The van der Waals surface area contributed by atoms with E-state index in [9.17, 15) is 31.1 Å². The summed E-state index contributed by atoms with van der Waals surface area (Å²) in [7, 11) is 0. The smallest absolute Gasteiger partial charge is 0.377 e. The van der Waals surface area contributed by atoms with Gasteiger partial charge in [0.1, 0.15) is 6.54 Å². The largest absolute Gasteiger partial charge is 0.416 e. The molecule has 11 heteroatoms. The van der Waals surface area contributed by atoms with Gasteiger partial charge in [0.25, 0.3) is 0 Å². The standard InChI is InChI=1S/C22H24F6N4O/c1-12(2)11-31-19(13(3)20(33)30-7-6-29)15(5)32-14(4)16-8-17(21(23,24)25)10-18(9-16)22(26,27)28/h8-12,15,32H,4,7H2,1-3,5H3,(H,30,33)/b19-13+,31-11?. The van der Waals surface area contributed by atoms with Crippen LogP contribution in [-0.2, 0) is 17.1 Å². The lowest BCUT2D eigenvalue weighted by molar-refractivity contribution is -0.143. The number of rotatable bonds is 8. The van der Waals surface area contributed by atoms with Crippen LogP contribution in [0.1, 0.15) is 44.4 Å². The van der Waals surface area contributed by atoms with Crippen molar-refractivity contribution in [2.75, 3.05) is 6.54 Å². The van der Waals surface area contributed by atoms with E-state index in [0.29, 0.717) is 12.1 Å². The van der Waals surface area contributed by atoms with Crippen LogP contribution in [0.2, 0.25) is 0 Å². The fraction of sp³-hybridized carbons (Fsp3) is 0.409. The first kappa shape index (κ1) is 27.7. The number of carbonyl (C=O) groups is 1. The van der Waals surface area contributed by atoms with E-state index in [1.165, 1.54) is 20.1 Å². The highest BCUT2D eigenvalue weighted by molar-refractivity contribution is 5.94. The molecule has 180 valence electrons. The molecule has 0 saturated carbocycles. The second-order valence-electron chi connectivity index (χ2n) is 7.51. The predicted molar refractivity (Wildman–Crippen MR) is 113 cm³/mol. The van der Waals surface area contributed by atoms with Gasteiger partial charge in [0.05, 0.1) is 28.9 Å². The van der Waals surface area contributed by atoms with Crippen molar-refractivity contribution in [1.29, 1.82) is 5.26 Å². The van der Waals surface area contributed by atoms with Crippen LogP contribution in [0.25, 0.3) is 5.70 Å². The van der Waals surface area contributed by atoms with E-state index in [0.717, 1.165) is 0 Å². The molecule has 0 bridgehead atoms. The van der Waals surface area contributed by atoms with Gasteiger partial charge in [-0.2, -0.15) is 31.6 Å². The van der Waals surface area contributed by atoms with Crippen molar-refractivity contribution < 1.29 is 31.1 Å². The Morgan fingerprint density at radius 2 is 1.64 bits per heavy atom. The van der Waals surface area contributed by atoms with Crippen LogP contribution in [0.4, 0.5) is 26.3 Å². The summed E-state index contributed by atoms with van der Waals surface area (Å²) in [5, 5.41) is 13.7. The number of nitriles is 1. The van der Waals surface area contributed by atoms with E-state index in [4.69, 9.17) is 5.26 Å². The maximum atomic E-state index is 13.2. The number of nitrogens with one attached hydrogen (secondary N) is 2. The third kappa shape index (κ3) is 8.29. The fourth-order valence-corrected chi connectivity index (χ4v) is 2.67. The number of aliphatic imine (C=N–C) groups is 1. The number of carbonyl (C=O) groups excluding carboxylic acids is 1. The molecule has 1 atom stereocenters. The van der Waals surface area contributed by atoms with Gasteiger partial charge in [-0.15, -0.1) is 0 Å². The third-order valence-corrected chi connectivity index (χ3v) is 4.30. The third-order valence-electron chi connectivity index (χ3n) is 4.30. The minimum Gasteiger partial charge on any atom is -0.377 e. The lowest BCUT2D eigenvalue weighted by Crippen LogP contribution is -2.31. The lowest BCUT2D eigenvalue weighted by Gasteiger charge is -2.21. The Kier molecular flexibility index (Phi) is 9.27. The quantitative estimate of drug-likeness (QED) is 0.232. The van der Waals surface area contributed by atoms with Gasteiger partial charge in [-0.05, 0) is 43.5 Å². The zero-order valence-electron chi connectivity index (χ0n) is 18.4. The van der Waals surface area contributed by atoms with E-state index >= 15 is 0 Å². The Bertz CT molecular complexity index is 952. The SMILES string of the molecule is C=C(NC(C)/C(N=CC(C)C)=C(/C)C(=O)NCC#N)c1cc(C(F)(F)F)cc(C(F)(F)F)c1. The minimum atomic E-state index is -5.00. The summed E-state index contributed by atoms with van der Waals surface area (Å²) in [5.41, 5.74) is -3.27. The van der Waals surface area contributed by atoms with Crippen molar-refractivity contribution in [2.24, 2.45) is 10.9 Å². The van der Waals surface area contributed by atoms with E-state index in [-0.39, 0.29) is 35.5 Å². The molecule has 2 N–H and O–H groups in total. The van der Waals surface area contributed by atoms with Crippen molar-refractivity contribution in [3.8, 4) is 6.07 Å². The molecule has 1 aromatic rings. The zero-order chi connectivity index (χ0) is 25.6. The molecule has 1 rings (SSSR count). The maximum Gasteiger partial charge on any atom is 0.416 e. The number of nitrogens with zero attached hydrogens (tertiary/aromatic N) is 2. The van der Waals surface area contributed by atoms with Gasteiger partial charge in [0, 0.05) is 17.5 Å². The van der Waals surface area contributed by atoms with Crippen molar-refractivity contribution in [2.45, 2.75) is 46.1 Å². The molecule has 1 amide bonds. The fourth-order valence-electron chi connectivity index (χ4n) is 2.67. The highest BCUT2D eigenvalue weighted by atomic mass is 19.4. The highest BCUT2D eigenvalue weighted by Crippen LogP contribution is 2.37. The van der Waals surface area contributed by atoms with Gasteiger partial charge in [-0.3, -0.25) is 9.79 Å². The Labute approximate surface area is 187 Å². The lowest BCUT2D eigenvalue weighted by atomic mass is 10.0. The molecule has 0 radical (unpaired) electrons. The van der Waals surface area contributed by atoms with Crippen LogP contribution in [0.15, 0.2) is 41.0 Å². The topological polar surface area (TPSA) is 77.3 Å². The first-order chi connectivity index (χ1) is 15.1. The average molecular weight is 474 g/mol. The molecule has 1 aromatic carbocycles. The number of benzene rings is 1. The van der Waals surface area contributed by atoms with Crippen LogP contribution in [0.5, 0.6) is 0 Å². The number of hydrogen-bond donors (Lipinski definition) is 2. The Balaban J connectivity index is 3.38. The summed E-state index contributed by atoms with van der Waals surface area (Å²) in [6.07, 6.45) is -8.46. The van der Waals surface area contributed by atoms with Gasteiger partial charge in [0.2, 0.25) is 5.91 Å². The van der Waals surface area contributed by atoms with Crippen molar-refractivity contribution in [3.63, 3.8) is 0 Å². The van der Waals surface area contributed by atoms with E-state index in [2.05, 4.69) is 22.2 Å². The van der Waals surface area contributed by atoms with Crippen LogP contribution < -0.4 is 10.6 Å². The first-order valence-electron chi connectivity index (χ1n) is 9.73. The van der Waals surface area contributed by atoms with Crippen LogP contribution >= 0.6 is 0 Å². The number of alkyl halides is 6. The molecule has 1 unspecified atom stereocenters. The monoisotopic (exact) mass is 474 g/mol. The van der Waals surface area contributed by atoms with E-state index in [1.54, 1.807) is 6.07 Å². The molecular formula is C22H24F6N4O. The van der Waals surface area contributed by atoms with Crippen LogP contribution in [0.3, 0.4) is 0 Å². The molecular weight excluding hydrogens is 450 g/mol. The highest BCUT2D eigenvalue weighted by Gasteiger charge is 2.37. The van der Waals surface area contributed by atoms with E-state index in [1.807, 2.05) is 13.8 Å². The maximum absolute atomic E-state index is 13.2. The summed E-state index contributed by atoms with van der Waals surface area (Å²) >= 11 is 0. The van der Waals surface area contributed by atoms with Gasteiger partial charge in [-0.25, -0.2) is 0 Å². The van der Waals surface area contributed by atoms with Crippen molar-refractivity contribution >= 4 is 17.8 Å². The summed E-state index contributed by atoms with van der Waals surface area (Å²) in [5.74, 6) is -0.603. The van der Waals surface area contributed by atoms with Crippen molar-refractivity contribution in [3.05, 3.63) is 52.7 Å². The van der Waals surface area contributed by atoms with Gasteiger partial charge >= 0.3 is 12.4 Å². The van der Waals surface area contributed by atoms with Crippen molar-refractivity contribution in [1.82, 2.24) is 10.6 Å². The number of hydrogen-bond acceptors (Lipinski definition) is 4. The molecule has 0 aliphatic rings. The second-order valence-corrected chi connectivity index (χ2v) is 7.51. The number of amides is 1. The average Bonchev–Trinajstić information content (AvgIpc) is 2.69. The van der Waals surface area contributed by atoms with Gasteiger partial charge in [0.15, 0.2) is 0 Å². The molecule has 0 aliphatic heterocycles.